The molecule has 3 heteroatoms. The van der Waals surface area contributed by atoms with Gasteiger partial charge < -0.3 is 10.1 Å². The van der Waals surface area contributed by atoms with Crippen LogP contribution in [0, 0.1) is 0 Å². The van der Waals surface area contributed by atoms with E-state index in [1.54, 1.807) is 0 Å². The molecule has 0 aromatic heterocycles. The summed E-state index contributed by atoms with van der Waals surface area (Å²) >= 11 is 3.42. The molecule has 2 rings (SSSR count). The van der Waals surface area contributed by atoms with Crippen LogP contribution < -0.4 is 10.1 Å². The van der Waals surface area contributed by atoms with E-state index in [1.807, 2.05) is 31.3 Å². The molecule has 0 amide bonds. The van der Waals surface area contributed by atoms with Gasteiger partial charge in [-0.05, 0) is 49.4 Å². The number of hydrogen-bond donors (Lipinski definition) is 1. The van der Waals surface area contributed by atoms with Crippen LogP contribution in [0.25, 0.3) is 0 Å². The summed E-state index contributed by atoms with van der Waals surface area (Å²) in [6.07, 6.45) is 0. The monoisotopic (exact) mass is 319 g/mol. The Balaban J connectivity index is 1.94. The number of benzene rings is 2. The van der Waals surface area contributed by atoms with Gasteiger partial charge in [0.2, 0.25) is 0 Å². The van der Waals surface area contributed by atoms with E-state index in [1.165, 1.54) is 5.56 Å². The zero-order chi connectivity index (χ0) is 13.7. The maximum absolute atomic E-state index is 5.76. The molecule has 0 saturated heterocycles. The van der Waals surface area contributed by atoms with Crippen molar-refractivity contribution in [1.29, 1.82) is 0 Å². The lowest BCUT2D eigenvalue weighted by atomic mass is 10.1. The van der Waals surface area contributed by atoms with Gasteiger partial charge in [0.1, 0.15) is 12.4 Å². The second-order valence-electron chi connectivity index (χ2n) is 4.49. The lowest BCUT2D eigenvalue weighted by Crippen LogP contribution is -2.11. The van der Waals surface area contributed by atoms with Crippen molar-refractivity contribution in [3.8, 4) is 5.75 Å². The van der Waals surface area contributed by atoms with E-state index in [0.717, 1.165) is 15.8 Å². The summed E-state index contributed by atoms with van der Waals surface area (Å²) in [6, 6.07) is 16.7. The van der Waals surface area contributed by atoms with Crippen LogP contribution in [0.4, 0.5) is 0 Å². The normalized spacial score (nSPS) is 12.2. The average molecular weight is 320 g/mol. The molecule has 2 aromatic rings. The van der Waals surface area contributed by atoms with E-state index >= 15 is 0 Å². The Morgan fingerprint density at radius 3 is 2.26 bits per heavy atom. The molecule has 0 aliphatic rings. The fourth-order valence-electron chi connectivity index (χ4n) is 1.77. The number of rotatable bonds is 5. The largest absolute Gasteiger partial charge is 0.489 e. The van der Waals surface area contributed by atoms with Crippen molar-refractivity contribution in [1.82, 2.24) is 5.32 Å². The Bertz CT molecular complexity index is 507. The first-order chi connectivity index (χ1) is 9.19. The third-order valence-corrected chi connectivity index (χ3v) is 3.66. The smallest absolute Gasteiger partial charge is 0.119 e. The Morgan fingerprint density at radius 1 is 1.05 bits per heavy atom. The van der Waals surface area contributed by atoms with Gasteiger partial charge in [-0.3, -0.25) is 0 Å². The lowest BCUT2D eigenvalue weighted by molar-refractivity contribution is 0.306. The van der Waals surface area contributed by atoms with Gasteiger partial charge in [0.25, 0.3) is 0 Å². The second kappa shape index (κ2) is 6.73. The molecule has 0 fully saturated rings. The molecule has 0 radical (unpaired) electrons. The fraction of sp³-hybridized carbons (Fsp3) is 0.250. The van der Waals surface area contributed by atoms with Crippen LogP contribution in [-0.2, 0) is 6.61 Å². The van der Waals surface area contributed by atoms with Crippen molar-refractivity contribution < 1.29 is 4.74 Å². The van der Waals surface area contributed by atoms with Gasteiger partial charge in [0.05, 0.1) is 0 Å². The Hall–Kier alpha value is -1.32. The standard InChI is InChI=1S/C16H18BrNO/c1-12(18-2)14-5-9-16(10-6-14)19-11-13-3-7-15(17)8-4-13/h3-10,12,18H,11H2,1-2H3. The van der Waals surface area contributed by atoms with Crippen LogP contribution >= 0.6 is 15.9 Å². The summed E-state index contributed by atoms with van der Waals surface area (Å²) in [5.41, 5.74) is 2.43. The van der Waals surface area contributed by atoms with Crippen molar-refractivity contribution >= 4 is 15.9 Å². The number of nitrogens with one attached hydrogen (secondary N) is 1. The van der Waals surface area contributed by atoms with E-state index in [9.17, 15) is 0 Å². The van der Waals surface area contributed by atoms with Crippen molar-refractivity contribution in [2.24, 2.45) is 0 Å². The number of ether oxygens (including phenoxy) is 1. The van der Waals surface area contributed by atoms with Gasteiger partial charge in [-0.2, -0.15) is 0 Å². The molecular formula is C16H18BrNO. The van der Waals surface area contributed by atoms with Crippen molar-refractivity contribution in [2.75, 3.05) is 7.05 Å². The lowest BCUT2D eigenvalue weighted by Gasteiger charge is -2.12. The van der Waals surface area contributed by atoms with E-state index in [0.29, 0.717) is 12.6 Å². The molecule has 0 saturated carbocycles. The molecule has 1 N–H and O–H groups in total. The first kappa shape index (κ1) is 14.1. The SMILES string of the molecule is CNC(C)c1ccc(OCc2ccc(Br)cc2)cc1. The number of halogens is 1. The highest BCUT2D eigenvalue weighted by Crippen LogP contribution is 2.18. The van der Waals surface area contributed by atoms with Gasteiger partial charge >= 0.3 is 0 Å². The van der Waals surface area contributed by atoms with Crippen molar-refractivity contribution in [3.05, 3.63) is 64.1 Å². The van der Waals surface area contributed by atoms with E-state index in [-0.39, 0.29) is 0 Å². The molecule has 1 atom stereocenters. The highest BCUT2D eigenvalue weighted by Gasteiger charge is 2.02. The maximum Gasteiger partial charge on any atom is 0.119 e. The highest BCUT2D eigenvalue weighted by molar-refractivity contribution is 9.10. The summed E-state index contributed by atoms with van der Waals surface area (Å²) in [6.45, 7) is 2.73. The Morgan fingerprint density at radius 2 is 1.68 bits per heavy atom. The topological polar surface area (TPSA) is 21.3 Å². The third-order valence-electron chi connectivity index (χ3n) is 3.13. The van der Waals surface area contributed by atoms with Crippen LogP contribution in [0.5, 0.6) is 5.75 Å². The van der Waals surface area contributed by atoms with Gasteiger partial charge in [0, 0.05) is 10.5 Å². The third kappa shape index (κ3) is 4.08. The average Bonchev–Trinajstić information content (AvgIpc) is 2.46. The summed E-state index contributed by atoms with van der Waals surface area (Å²) in [5.74, 6) is 0.898. The fourth-order valence-corrected chi connectivity index (χ4v) is 2.03. The summed E-state index contributed by atoms with van der Waals surface area (Å²) in [7, 11) is 1.96. The maximum atomic E-state index is 5.76. The van der Waals surface area contributed by atoms with E-state index in [4.69, 9.17) is 4.74 Å². The van der Waals surface area contributed by atoms with Gasteiger partial charge in [-0.25, -0.2) is 0 Å². The van der Waals surface area contributed by atoms with Crippen LogP contribution in [0.2, 0.25) is 0 Å². The minimum absolute atomic E-state index is 0.362. The molecule has 0 aliphatic heterocycles. The zero-order valence-electron chi connectivity index (χ0n) is 11.2. The van der Waals surface area contributed by atoms with Crippen LogP contribution in [0.15, 0.2) is 53.0 Å². The summed E-state index contributed by atoms with van der Waals surface area (Å²) < 4.78 is 6.85. The van der Waals surface area contributed by atoms with Gasteiger partial charge in [0.15, 0.2) is 0 Å². The first-order valence-electron chi connectivity index (χ1n) is 6.33. The van der Waals surface area contributed by atoms with Crippen LogP contribution in [-0.4, -0.2) is 7.05 Å². The molecule has 0 aliphatic carbocycles. The molecule has 0 spiro atoms. The number of hydrogen-bond acceptors (Lipinski definition) is 2. The van der Waals surface area contributed by atoms with Crippen LogP contribution in [0.1, 0.15) is 24.1 Å². The molecule has 2 aromatic carbocycles. The quantitative estimate of drug-likeness (QED) is 0.886. The summed E-state index contributed by atoms with van der Waals surface area (Å²) in [4.78, 5) is 0. The molecule has 0 heterocycles. The molecule has 1 unspecified atom stereocenters. The van der Waals surface area contributed by atoms with E-state index in [2.05, 4.69) is 52.4 Å². The van der Waals surface area contributed by atoms with Crippen molar-refractivity contribution in [3.63, 3.8) is 0 Å². The van der Waals surface area contributed by atoms with E-state index < -0.39 is 0 Å². The second-order valence-corrected chi connectivity index (χ2v) is 5.41. The Labute approximate surface area is 122 Å². The molecule has 2 nitrogen and oxygen atoms in total. The molecular weight excluding hydrogens is 302 g/mol. The molecule has 100 valence electrons. The predicted octanol–water partition coefficient (Wildman–Crippen LogP) is 4.31. The van der Waals surface area contributed by atoms with Gasteiger partial charge in [-0.15, -0.1) is 0 Å². The first-order valence-corrected chi connectivity index (χ1v) is 7.13. The summed E-state index contributed by atoms with van der Waals surface area (Å²) in [5, 5.41) is 3.22. The predicted molar refractivity (Wildman–Crippen MR) is 82.4 cm³/mol. The molecule has 0 bridgehead atoms. The van der Waals surface area contributed by atoms with Crippen LogP contribution in [0.3, 0.4) is 0 Å². The van der Waals surface area contributed by atoms with Crippen molar-refractivity contribution in [2.45, 2.75) is 19.6 Å². The minimum atomic E-state index is 0.362. The minimum Gasteiger partial charge on any atom is -0.489 e. The van der Waals surface area contributed by atoms with Gasteiger partial charge in [-0.1, -0.05) is 40.2 Å². The highest BCUT2D eigenvalue weighted by atomic mass is 79.9. The zero-order valence-corrected chi connectivity index (χ0v) is 12.8. The Kier molecular flexibility index (Phi) is 5.00. The molecule has 19 heavy (non-hydrogen) atoms.